The van der Waals surface area contributed by atoms with Crippen LogP contribution in [0.1, 0.15) is 50.3 Å². The zero-order valence-electron chi connectivity index (χ0n) is 10.2. The second kappa shape index (κ2) is 5.92. The summed E-state index contributed by atoms with van der Waals surface area (Å²) < 4.78 is 0. The molecule has 0 unspecified atom stereocenters. The van der Waals surface area contributed by atoms with Gasteiger partial charge >= 0.3 is 0 Å². The summed E-state index contributed by atoms with van der Waals surface area (Å²) in [4.78, 5) is 0. The quantitative estimate of drug-likeness (QED) is 0.777. The molecule has 1 atom stereocenters. The molecule has 0 bridgehead atoms. The first-order valence-electron chi connectivity index (χ1n) is 6.00. The van der Waals surface area contributed by atoms with E-state index in [0.717, 1.165) is 12.3 Å². The van der Waals surface area contributed by atoms with Gasteiger partial charge < -0.3 is 5.73 Å². The minimum Gasteiger partial charge on any atom is -0.324 e. The van der Waals surface area contributed by atoms with E-state index in [1.54, 1.807) is 0 Å². The van der Waals surface area contributed by atoms with Crippen molar-refractivity contribution in [2.24, 2.45) is 11.7 Å². The highest BCUT2D eigenvalue weighted by Gasteiger charge is 2.13. The van der Waals surface area contributed by atoms with Crippen molar-refractivity contribution >= 4 is 0 Å². The number of rotatable bonds is 5. The molecule has 1 nitrogen and oxygen atoms in total. The lowest BCUT2D eigenvalue weighted by Crippen LogP contribution is -2.15. The second-order valence-corrected chi connectivity index (χ2v) is 4.38. The summed E-state index contributed by atoms with van der Waals surface area (Å²) in [6.07, 6.45) is 3.57. The Bertz CT molecular complexity index is 289. The van der Waals surface area contributed by atoms with Gasteiger partial charge in [0.1, 0.15) is 0 Å². The fourth-order valence-corrected chi connectivity index (χ4v) is 2.11. The second-order valence-electron chi connectivity index (χ2n) is 4.38. The summed E-state index contributed by atoms with van der Waals surface area (Å²) in [6, 6.07) is 8.65. The molecule has 0 aliphatic heterocycles. The van der Waals surface area contributed by atoms with E-state index in [1.165, 1.54) is 24.0 Å². The maximum absolute atomic E-state index is 6.25. The smallest absolute Gasteiger partial charge is 0.0300 e. The van der Waals surface area contributed by atoms with Crippen LogP contribution in [0.3, 0.4) is 0 Å². The van der Waals surface area contributed by atoms with Crippen LogP contribution in [0.5, 0.6) is 0 Å². The lowest BCUT2D eigenvalue weighted by Gasteiger charge is -2.20. The monoisotopic (exact) mass is 205 g/mol. The Kier molecular flexibility index (Phi) is 4.83. The maximum atomic E-state index is 6.25. The van der Waals surface area contributed by atoms with Crippen LogP contribution in [0.15, 0.2) is 24.3 Å². The zero-order chi connectivity index (χ0) is 11.3. The number of nitrogens with two attached hydrogens (primary N) is 1. The molecule has 1 aromatic rings. The third-order valence-electron chi connectivity index (χ3n) is 3.33. The van der Waals surface area contributed by atoms with E-state index in [-0.39, 0.29) is 6.04 Å². The Morgan fingerprint density at radius 3 is 2.27 bits per heavy atom. The molecule has 84 valence electrons. The van der Waals surface area contributed by atoms with E-state index >= 15 is 0 Å². The predicted octanol–water partition coefficient (Wildman–Crippen LogP) is 3.82. The van der Waals surface area contributed by atoms with Crippen molar-refractivity contribution in [1.82, 2.24) is 0 Å². The zero-order valence-corrected chi connectivity index (χ0v) is 10.2. The first kappa shape index (κ1) is 12.3. The van der Waals surface area contributed by atoms with Gasteiger partial charge in [-0.15, -0.1) is 0 Å². The molecule has 0 saturated carbocycles. The summed E-state index contributed by atoms with van der Waals surface area (Å²) >= 11 is 0. The van der Waals surface area contributed by atoms with Gasteiger partial charge in [0.15, 0.2) is 0 Å². The molecule has 0 radical (unpaired) electrons. The van der Waals surface area contributed by atoms with Crippen molar-refractivity contribution in [2.75, 3.05) is 0 Å². The van der Waals surface area contributed by atoms with Crippen LogP contribution in [-0.4, -0.2) is 0 Å². The third kappa shape index (κ3) is 3.35. The number of hydrogen-bond acceptors (Lipinski definition) is 1. The third-order valence-corrected chi connectivity index (χ3v) is 3.33. The van der Waals surface area contributed by atoms with E-state index in [2.05, 4.69) is 45.0 Å². The van der Waals surface area contributed by atoms with Crippen LogP contribution in [-0.2, 0) is 0 Å². The minimum absolute atomic E-state index is 0.205. The van der Waals surface area contributed by atoms with Gasteiger partial charge in [-0.1, -0.05) is 51.0 Å². The van der Waals surface area contributed by atoms with Crippen molar-refractivity contribution in [1.29, 1.82) is 0 Å². The Balaban J connectivity index is 2.68. The van der Waals surface area contributed by atoms with E-state index in [4.69, 9.17) is 5.73 Å². The highest BCUT2D eigenvalue weighted by molar-refractivity contribution is 5.28. The van der Waals surface area contributed by atoms with E-state index in [0.29, 0.717) is 0 Å². The molecule has 15 heavy (non-hydrogen) atoms. The standard InChI is InChI=1S/C14H23N/c1-4-12(5-2)10-14(15)13-9-7-6-8-11(13)3/h6-9,12,14H,4-5,10,15H2,1-3H3/t14-/m1/s1. The van der Waals surface area contributed by atoms with Crippen LogP contribution in [0.2, 0.25) is 0 Å². The van der Waals surface area contributed by atoms with Crippen molar-refractivity contribution in [2.45, 2.75) is 46.1 Å². The van der Waals surface area contributed by atoms with Gasteiger partial charge in [0, 0.05) is 6.04 Å². The minimum atomic E-state index is 0.205. The van der Waals surface area contributed by atoms with Crippen LogP contribution >= 0.6 is 0 Å². The first-order valence-corrected chi connectivity index (χ1v) is 6.00. The molecule has 2 N–H and O–H groups in total. The van der Waals surface area contributed by atoms with Gasteiger partial charge in [0.25, 0.3) is 0 Å². The summed E-state index contributed by atoms with van der Waals surface area (Å²) in [6.45, 7) is 6.64. The molecule has 1 heteroatoms. The molecule has 1 rings (SSSR count). The Morgan fingerprint density at radius 2 is 1.73 bits per heavy atom. The van der Waals surface area contributed by atoms with Gasteiger partial charge in [0.2, 0.25) is 0 Å². The fourth-order valence-electron chi connectivity index (χ4n) is 2.11. The maximum Gasteiger partial charge on any atom is 0.0300 e. The predicted molar refractivity (Wildman–Crippen MR) is 66.8 cm³/mol. The van der Waals surface area contributed by atoms with Crippen LogP contribution in [0.25, 0.3) is 0 Å². The molecule has 0 aliphatic carbocycles. The Hall–Kier alpha value is -0.820. The lowest BCUT2D eigenvalue weighted by atomic mass is 9.90. The van der Waals surface area contributed by atoms with E-state index in [9.17, 15) is 0 Å². The fraction of sp³-hybridized carbons (Fsp3) is 0.571. The van der Waals surface area contributed by atoms with Crippen LogP contribution < -0.4 is 5.73 Å². The summed E-state index contributed by atoms with van der Waals surface area (Å²) in [7, 11) is 0. The molecular formula is C14H23N. The van der Waals surface area contributed by atoms with Gasteiger partial charge in [-0.05, 0) is 30.4 Å². The van der Waals surface area contributed by atoms with Gasteiger partial charge in [-0.2, -0.15) is 0 Å². The molecule has 0 aromatic heterocycles. The highest BCUT2D eigenvalue weighted by Crippen LogP contribution is 2.25. The molecular weight excluding hydrogens is 182 g/mol. The van der Waals surface area contributed by atoms with Gasteiger partial charge in [-0.25, -0.2) is 0 Å². The van der Waals surface area contributed by atoms with Gasteiger partial charge in [0.05, 0.1) is 0 Å². The summed E-state index contributed by atoms with van der Waals surface area (Å²) in [5, 5.41) is 0. The largest absolute Gasteiger partial charge is 0.324 e. The van der Waals surface area contributed by atoms with Crippen molar-refractivity contribution in [3.8, 4) is 0 Å². The summed E-state index contributed by atoms with van der Waals surface area (Å²) in [5.41, 5.74) is 8.87. The van der Waals surface area contributed by atoms with Crippen molar-refractivity contribution in [3.05, 3.63) is 35.4 Å². The molecule has 0 saturated heterocycles. The Labute approximate surface area is 93.7 Å². The average molecular weight is 205 g/mol. The normalized spacial score (nSPS) is 13.1. The van der Waals surface area contributed by atoms with Gasteiger partial charge in [-0.3, -0.25) is 0 Å². The lowest BCUT2D eigenvalue weighted by molar-refractivity contribution is 0.414. The molecule has 0 aliphatic rings. The molecule has 0 amide bonds. The number of benzene rings is 1. The van der Waals surface area contributed by atoms with E-state index < -0.39 is 0 Å². The van der Waals surface area contributed by atoms with Crippen LogP contribution in [0.4, 0.5) is 0 Å². The van der Waals surface area contributed by atoms with Crippen molar-refractivity contribution < 1.29 is 0 Å². The molecule has 0 heterocycles. The molecule has 1 aromatic carbocycles. The van der Waals surface area contributed by atoms with E-state index in [1.807, 2.05) is 0 Å². The highest BCUT2D eigenvalue weighted by atomic mass is 14.6. The topological polar surface area (TPSA) is 26.0 Å². The first-order chi connectivity index (χ1) is 7.19. The number of aryl methyl sites for hydroxylation is 1. The van der Waals surface area contributed by atoms with Crippen molar-refractivity contribution in [3.63, 3.8) is 0 Å². The average Bonchev–Trinajstić information content (AvgIpc) is 2.26. The molecule has 0 fully saturated rings. The van der Waals surface area contributed by atoms with Crippen LogP contribution in [0, 0.1) is 12.8 Å². The summed E-state index contributed by atoms with van der Waals surface area (Å²) in [5.74, 6) is 0.764. The molecule has 0 spiro atoms. The Morgan fingerprint density at radius 1 is 1.13 bits per heavy atom. The SMILES string of the molecule is CCC(CC)C[C@@H](N)c1ccccc1C. The number of hydrogen-bond donors (Lipinski definition) is 1.